The molecule has 3 rings (SSSR count). The Kier molecular flexibility index (Phi) is 7.64. The molecule has 0 spiro atoms. The summed E-state index contributed by atoms with van der Waals surface area (Å²) in [6.45, 7) is 1.64. The molecule has 0 aliphatic heterocycles. The maximum Gasteiger partial charge on any atom is 0.573 e. The Labute approximate surface area is 191 Å². The van der Waals surface area contributed by atoms with Crippen LogP contribution in [0.4, 0.5) is 18.9 Å². The molecule has 7 nitrogen and oxygen atoms in total. The Morgan fingerprint density at radius 3 is 2.52 bits per heavy atom. The number of alkyl halides is 3. The number of carbonyl (C=O) groups excluding carboxylic acids is 1. The summed E-state index contributed by atoms with van der Waals surface area (Å²) in [6, 6.07) is 12.2. The number of H-pyrrole nitrogens is 1. The van der Waals surface area contributed by atoms with Crippen LogP contribution in [0.3, 0.4) is 0 Å². The van der Waals surface area contributed by atoms with Gasteiger partial charge in [0.05, 0.1) is 13.5 Å². The number of aryl methyl sites for hydroxylation is 1. The summed E-state index contributed by atoms with van der Waals surface area (Å²) in [5.41, 5.74) is 1.45. The van der Waals surface area contributed by atoms with Crippen molar-refractivity contribution in [3.63, 3.8) is 0 Å². The molecule has 1 amide bonds. The van der Waals surface area contributed by atoms with Gasteiger partial charge in [-0.25, -0.2) is 4.98 Å². The summed E-state index contributed by atoms with van der Waals surface area (Å²) in [4.78, 5) is 31.9. The molecule has 1 aromatic heterocycles. The minimum atomic E-state index is -4.80. The number of aromatic nitrogens is 2. The average molecular weight is 479 g/mol. The number of hydrogen-bond acceptors (Lipinski definition) is 6. The lowest BCUT2D eigenvalue weighted by molar-refractivity contribution is -0.274. The van der Waals surface area contributed by atoms with Crippen LogP contribution in [0, 0.1) is 6.92 Å². The molecule has 0 radical (unpaired) electrons. The SMILES string of the molecule is COc1cccc(CSc2nc(C)c(CC(=O)Nc3ccc(OC(F)(F)F)cc3)c(=O)[nH]2)c1. The van der Waals surface area contributed by atoms with Crippen molar-refractivity contribution >= 4 is 23.4 Å². The largest absolute Gasteiger partial charge is 0.573 e. The van der Waals surface area contributed by atoms with Crippen LogP contribution in [0.2, 0.25) is 0 Å². The number of methoxy groups -OCH3 is 1. The summed E-state index contributed by atoms with van der Waals surface area (Å²) >= 11 is 1.34. The predicted octanol–water partition coefficient (Wildman–Crippen LogP) is 4.46. The van der Waals surface area contributed by atoms with Crippen molar-refractivity contribution in [2.75, 3.05) is 12.4 Å². The van der Waals surface area contributed by atoms with Gasteiger partial charge in [0.25, 0.3) is 5.56 Å². The molecule has 33 heavy (non-hydrogen) atoms. The molecule has 0 atom stereocenters. The number of nitrogens with zero attached hydrogens (tertiary/aromatic N) is 1. The summed E-state index contributed by atoms with van der Waals surface area (Å²) < 4.78 is 45.7. The average Bonchev–Trinajstić information content (AvgIpc) is 2.75. The fourth-order valence-corrected chi connectivity index (χ4v) is 3.73. The quantitative estimate of drug-likeness (QED) is 0.366. The highest BCUT2D eigenvalue weighted by molar-refractivity contribution is 7.98. The Bertz CT molecular complexity index is 1180. The first-order chi connectivity index (χ1) is 15.6. The number of ether oxygens (including phenoxy) is 2. The van der Waals surface area contributed by atoms with E-state index in [1.807, 2.05) is 24.3 Å². The van der Waals surface area contributed by atoms with Gasteiger partial charge in [-0.15, -0.1) is 13.2 Å². The second kappa shape index (κ2) is 10.4. The zero-order chi connectivity index (χ0) is 24.0. The normalized spacial score (nSPS) is 11.2. The Morgan fingerprint density at radius 2 is 1.88 bits per heavy atom. The number of benzene rings is 2. The molecule has 174 valence electrons. The summed E-state index contributed by atoms with van der Waals surface area (Å²) in [5, 5.41) is 2.95. The number of thioether (sulfide) groups is 1. The summed E-state index contributed by atoms with van der Waals surface area (Å²) in [5.74, 6) is 0.383. The number of amides is 1. The number of anilines is 1. The van der Waals surface area contributed by atoms with E-state index in [0.717, 1.165) is 23.4 Å². The standard InChI is InChI=1S/C22H20F3N3O4S/c1-13-18(11-19(29)27-15-6-8-16(9-7-15)32-22(23,24)25)20(30)28-21(26-13)33-12-14-4-3-5-17(10-14)31-2/h3-10H,11-12H2,1-2H3,(H,27,29)(H,26,28,30). The molecule has 3 aromatic rings. The summed E-state index contributed by atoms with van der Waals surface area (Å²) in [7, 11) is 1.58. The van der Waals surface area contributed by atoms with E-state index in [1.165, 1.54) is 23.9 Å². The summed E-state index contributed by atoms with van der Waals surface area (Å²) in [6.07, 6.45) is -5.04. The molecule has 1 heterocycles. The molecule has 2 aromatic carbocycles. The minimum Gasteiger partial charge on any atom is -0.497 e. The van der Waals surface area contributed by atoms with Crippen molar-refractivity contribution in [2.45, 2.75) is 30.6 Å². The first kappa shape index (κ1) is 24.2. The third-order valence-electron chi connectivity index (χ3n) is 4.42. The van der Waals surface area contributed by atoms with Gasteiger partial charge < -0.3 is 19.8 Å². The van der Waals surface area contributed by atoms with Crippen molar-refractivity contribution in [3.8, 4) is 11.5 Å². The maximum atomic E-state index is 12.5. The third kappa shape index (κ3) is 7.28. The van der Waals surface area contributed by atoms with Gasteiger partial charge in [-0.2, -0.15) is 0 Å². The molecule has 0 fully saturated rings. The van der Waals surface area contributed by atoms with Crippen LogP contribution in [0.15, 0.2) is 58.5 Å². The highest BCUT2D eigenvalue weighted by atomic mass is 32.2. The lowest BCUT2D eigenvalue weighted by Crippen LogP contribution is -2.23. The van der Waals surface area contributed by atoms with Gasteiger partial charge in [-0.1, -0.05) is 23.9 Å². The van der Waals surface area contributed by atoms with Crippen LogP contribution < -0.4 is 20.3 Å². The van der Waals surface area contributed by atoms with Gasteiger partial charge in [0.1, 0.15) is 11.5 Å². The maximum absolute atomic E-state index is 12.5. The topological polar surface area (TPSA) is 93.3 Å². The molecule has 0 unspecified atom stereocenters. The number of halogens is 3. The molecular weight excluding hydrogens is 459 g/mol. The predicted molar refractivity (Wildman–Crippen MR) is 118 cm³/mol. The smallest absolute Gasteiger partial charge is 0.497 e. The van der Waals surface area contributed by atoms with Crippen LogP contribution in [-0.2, 0) is 17.0 Å². The van der Waals surface area contributed by atoms with Crippen molar-refractivity contribution in [1.29, 1.82) is 0 Å². The van der Waals surface area contributed by atoms with E-state index in [9.17, 15) is 22.8 Å². The van der Waals surface area contributed by atoms with Gasteiger partial charge in [0, 0.05) is 22.7 Å². The lowest BCUT2D eigenvalue weighted by atomic mass is 10.1. The van der Waals surface area contributed by atoms with Crippen LogP contribution in [0.1, 0.15) is 16.8 Å². The fraction of sp³-hybridized carbons (Fsp3) is 0.227. The molecule has 0 aliphatic carbocycles. The van der Waals surface area contributed by atoms with E-state index in [0.29, 0.717) is 16.6 Å². The number of nitrogens with one attached hydrogen (secondary N) is 2. The zero-order valence-corrected chi connectivity index (χ0v) is 18.5. The number of hydrogen-bond donors (Lipinski definition) is 2. The molecule has 0 aliphatic rings. The van der Waals surface area contributed by atoms with Gasteiger partial charge in [-0.3, -0.25) is 9.59 Å². The van der Waals surface area contributed by atoms with Crippen molar-refractivity contribution < 1.29 is 27.4 Å². The second-order valence-electron chi connectivity index (χ2n) is 6.87. The first-order valence-electron chi connectivity index (χ1n) is 9.64. The molecule has 0 saturated carbocycles. The molecule has 2 N–H and O–H groups in total. The Morgan fingerprint density at radius 1 is 1.15 bits per heavy atom. The van der Waals surface area contributed by atoms with E-state index < -0.39 is 23.6 Å². The monoisotopic (exact) mass is 479 g/mol. The highest BCUT2D eigenvalue weighted by Crippen LogP contribution is 2.24. The van der Waals surface area contributed by atoms with Crippen molar-refractivity contribution in [3.05, 3.63) is 75.7 Å². The van der Waals surface area contributed by atoms with Crippen LogP contribution >= 0.6 is 11.8 Å². The molecular formula is C22H20F3N3O4S. The molecule has 0 bridgehead atoms. The van der Waals surface area contributed by atoms with Crippen LogP contribution in [0.5, 0.6) is 11.5 Å². The first-order valence-corrected chi connectivity index (χ1v) is 10.6. The van der Waals surface area contributed by atoms with Gasteiger partial charge in [-0.05, 0) is 48.9 Å². The number of aromatic amines is 1. The minimum absolute atomic E-state index is 0.204. The number of carbonyl (C=O) groups is 1. The molecule has 11 heteroatoms. The van der Waals surface area contributed by atoms with Crippen molar-refractivity contribution in [2.24, 2.45) is 0 Å². The zero-order valence-electron chi connectivity index (χ0n) is 17.7. The van der Waals surface area contributed by atoms with E-state index in [2.05, 4.69) is 20.0 Å². The Hall–Kier alpha value is -3.47. The molecule has 0 saturated heterocycles. The van der Waals surface area contributed by atoms with E-state index in [4.69, 9.17) is 4.74 Å². The van der Waals surface area contributed by atoms with E-state index in [1.54, 1.807) is 14.0 Å². The van der Waals surface area contributed by atoms with E-state index >= 15 is 0 Å². The van der Waals surface area contributed by atoms with Crippen LogP contribution in [-0.4, -0.2) is 29.3 Å². The lowest BCUT2D eigenvalue weighted by Gasteiger charge is -2.10. The van der Waals surface area contributed by atoms with Crippen LogP contribution in [0.25, 0.3) is 0 Å². The fourth-order valence-electron chi connectivity index (χ4n) is 2.88. The number of rotatable bonds is 8. The van der Waals surface area contributed by atoms with Crippen molar-refractivity contribution in [1.82, 2.24) is 9.97 Å². The highest BCUT2D eigenvalue weighted by Gasteiger charge is 2.31. The van der Waals surface area contributed by atoms with Gasteiger partial charge in [0.15, 0.2) is 5.16 Å². The Balaban J connectivity index is 1.61. The third-order valence-corrected chi connectivity index (χ3v) is 5.36. The van der Waals surface area contributed by atoms with Gasteiger partial charge in [0.2, 0.25) is 5.91 Å². The van der Waals surface area contributed by atoms with E-state index in [-0.39, 0.29) is 17.7 Å². The van der Waals surface area contributed by atoms with Gasteiger partial charge >= 0.3 is 6.36 Å². The second-order valence-corrected chi connectivity index (χ2v) is 7.84.